The Bertz CT molecular complexity index is 380. The average molecular weight is 298 g/mol. The van der Waals surface area contributed by atoms with Crippen molar-refractivity contribution in [3.8, 4) is 0 Å². The Kier molecular flexibility index (Phi) is 4.60. The Hall–Kier alpha value is -0.380. The zero-order valence-electron chi connectivity index (χ0n) is 10.2. The van der Waals surface area contributed by atoms with Crippen molar-refractivity contribution in [3.05, 3.63) is 33.8 Å². The molecule has 1 aromatic rings. The number of halogens is 1. The summed E-state index contributed by atoms with van der Waals surface area (Å²) in [5.41, 5.74) is 2.91. The van der Waals surface area contributed by atoms with Gasteiger partial charge in [0.25, 0.3) is 0 Å². The minimum atomic E-state index is 0.292. The van der Waals surface area contributed by atoms with Crippen molar-refractivity contribution in [1.29, 1.82) is 0 Å². The molecule has 2 N–H and O–H groups in total. The topological polar surface area (TPSA) is 32.3 Å². The van der Waals surface area contributed by atoms with E-state index in [1.165, 1.54) is 28.4 Å². The highest BCUT2D eigenvalue weighted by molar-refractivity contribution is 9.10. The van der Waals surface area contributed by atoms with E-state index in [2.05, 4.69) is 46.4 Å². The van der Waals surface area contributed by atoms with Crippen molar-refractivity contribution in [2.75, 3.05) is 6.61 Å². The van der Waals surface area contributed by atoms with Gasteiger partial charge in [-0.25, -0.2) is 0 Å². The van der Waals surface area contributed by atoms with Crippen LogP contribution in [-0.4, -0.2) is 17.8 Å². The Labute approximate surface area is 112 Å². The van der Waals surface area contributed by atoms with Gasteiger partial charge in [0.2, 0.25) is 0 Å². The van der Waals surface area contributed by atoms with Gasteiger partial charge >= 0.3 is 0 Å². The van der Waals surface area contributed by atoms with Crippen LogP contribution < -0.4 is 5.32 Å². The van der Waals surface area contributed by atoms with Gasteiger partial charge < -0.3 is 10.4 Å². The van der Waals surface area contributed by atoms with Crippen LogP contribution in [0, 0.1) is 0 Å². The van der Waals surface area contributed by atoms with E-state index in [4.69, 9.17) is 5.11 Å². The number of hydrogen-bond donors (Lipinski definition) is 2. The van der Waals surface area contributed by atoms with Crippen molar-refractivity contribution in [2.24, 2.45) is 0 Å². The Balaban J connectivity index is 1.97. The fraction of sp³-hybridized carbons (Fsp3) is 0.571. The van der Waals surface area contributed by atoms with Gasteiger partial charge in [0.1, 0.15) is 0 Å². The molecule has 0 spiro atoms. The molecule has 0 fully saturated rings. The van der Waals surface area contributed by atoms with E-state index >= 15 is 0 Å². The van der Waals surface area contributed by atoms with Crippen LogP contribution in [0.4, 0.5) is 0 Å². The highest BCUT2D eigenvalue weighted by Crippen LogP contribution is 2.33. The average Bonchev–Trinajstić information content (AvgIpc) is 2.69. The number of hydrogen-bond acceptors (Lipinski definition) is 2. The summed E-state index contributed by atoms with van der Waals surface area (Å²) in [6.45, 7) is 2.49. The molecule has 0 radical (unpaired) electrons. The summed E-state index contributed by atoms with van der Waals surface area (Å²) >= 11 is 3.52. The third-order valence-electron chi connectivity index (χ3n) is 3.46. The van der Waals surface area contributed by atoms with Gasteiger partial charge in [0, 0.05) is 23.2 Å². The fourth-order valence-corrected chi connectivity index (χ4v) is 2.99. The van der Waals surface area contributed by atoms with Crippen molar-refractivity contribution in [1.82, 2.24) is 5.32 Å². The summed E-state index contributed by atoms with van der Waals surface area (Å²) in [6.07, 6.45) is 4.28. The summed E-state index contributed by atoms with van der Waals surface area (Å²) in [6, 6.07) is 7.55. The number of fused-ring (bicyclic) bond motifs is 1. The molecule has 2 atom stereocenters. The van der Waals surface area contributed by atoms with Crippen LogP contribution in [-0.2, 0) is 6.42 Å². The van der Waals surface area contributed by atoms with Gasteiger partial charge in [-0.1, -0.05) is 22.0 Å². The molecule has 17 heavy (non-hydrogen) atoms. The molecule has 3 heteroatoms. The molecule has 0 saturated carbocycles. The first-order valence-corrected chi connectivity index (χ1v) is 7.15. The maximum atomic E-state index is 8.83. The maximum absolute atomic E-state index is 8.83. The smallest absolute Gasteiger partial charge is 0.0431 e. The fourth-order valence-electron chi connectivity index (χ4n) is 2.58. The van der Waals surface area contributed by atoms with E-state index in [0.29, 0.717) is 18.7 Å². The molecule has 0 bridgehead atoms. The van der Waals surface area contributed by atoms with Crippen molar-refractivity contribution >= 4 is 15.9 Å². The van der Waals surface area contributed by atoms with E-state index in [9.17, 15) is 0 Å². The zero-order valence-corrected chi connectivity index (χ0v) is 11.8. The minimum absolute atomic E-state index is 0.292. The van der Waals surface area contributed by atoms with E-state index in [1.54, 1.807) is 0 Å². The molecule has 1 aliphatic carbocycles. The van der Waals surface area contributed by atoms with Crippen molar-refractivity contribution in [3.63, 3.8) is 0 Å². The van der Waals surface area contributed by atoms with Crippen molar-refractivity contribution < 1.29 is 5.11 Å². The second-order valence-electron chi connectivity index (χ2n) is 4.87. The zero-order chi connectivity index (χ0) is 12.3. The molecular formula is C14H20BrNO. The molecule has 0 saturated heterocycles. The maximum Gasteiger partial charge on any atom is 0.0431 e. The third-order valence-corrected chi connectivity index (χ3v) is 3.96. The van der Waals surface area contributed by atoms with Crippen molar-refractivity contribution in [2.45, 2.75) is 44.7 Å². The molecule has 94 valence electrons. The van der Waals surface area contributed by atoms with Crippen LogP contribution in [0.1, 0.15) is 43.4 Å². The first kappa shape index (κ1) is 13.1. The monoisotopic (exact) mass is 297 g/mol. The van der Waals surface area contributed by atoms with Gasteiger partial charge in [-0.15, -0.1) is 0 Å². The lowest BCUT2D eigenvalue weighted by Crippen LogP contribution is -2.29. The van der Waals surface area contributed by atoms with Crippen LogP contribution >= 0.6 is 15.9 Å². The molecular weight excluding hydrogens is 278 g/mol. The predicted octanol–water partition coefficient (Wildman–Crippen LogP) is 3.19. The summed E-state index contributed by atoms with van der Waals surface area (Å²) in [5, 5.41) is 12.5. The van der Waals surface area contributed by atoms with Gasteiger partial charge in [0.05, 0.1) is 0 Å². The normalized spacial score (nSPS) is 20.3. The van der Waals surface area contributed by atoms with Gasteiger partial charge in [-0.3, -0.25) is 0 Å². The number of rotatable bonds is 5. The van der Waals surface area contributed by atoms with E-state index < -0.39 is 0 Å². The van der Waals surface area contributed by atoms with E-state index in [-0.39, 0.29) is 0 Å². The predicted molar refractivity (Wildman–Crippen MR) is 74.1 cm³/mol. The highest BCUT2D eigenvalue weighted by Gasteiger charge is 2.23. The summed E-state index contributed by atoms with van der Waals surface area (Å²) in [4.78, 5) is 0. The summed E-state index contributed by atoms with van der Waals surface area (Å²) < 4.78 is 1.17. The molecule has 0 aromatic heterocycles. The van der Waals surface area contributed by atoms with Crippen LogP contribution in [0.15, 0.2) is 22.7 Å². The first-order valence-electron chi connectivity index (χ1n) is 6.36. The molecule has 2 nitrogen and oxygen atoms in total. The molecule has 2 rings (SSSR count). The minimum Gasteiger partial charge on any atom is -0.396 e. The Morgan fingerprint density at radius 2 is 2.35 bits per heavy atom. The molecule has 0 heterocycles. The largest absolute Gasteiger partial charge is 0.396 e. The lowest BCUT2D eigenvalue weighted by atomic mass is 10.1. The number of nitrogens with one attached hydrogen (secondary N) is 1. The number of aliphatic hydroxyl groups excluding tert-OH is 1. The summed E-state index contributed by atoms with van der Waals surface area (Å²) in [5.74, 6) is 0. The van der Waals surface area contributed by atoms with Gasteiger partial charge in [-0.05, 0) is 55.9 Å². The summed E-state index contributed by atoms with van der Waals surface area (Å²) in [7, 11) is 0. The number of aliphatic hydroxyl groups is 1. The lowest BCUT2D eigenvalue weighted by molar-refractivity contribution is 0.273. The van der Waals surface area contributed by atoms with Crippen LogP contribution in [0.3, 0.4) is 0 Å². The molecule has 2 unspecified atom stereocenters. The highest BCUT2D eigenvalue weighted by atomic mass is 79.9. The molecule has 1 aliphatic rings. The van der Waals surface area contributed by atoms with Crippen LogP contribution in [0.5, 0.6) is 0 Å². The Morgan fingerprint density at radius 3 is 3.12 bits per heavy atom. The molecule has 0 aliphatic heterocycles. The van der Waals surface area contributed by atoms with E-state index in [1.807, 2.05) is 0 Å². The Morgan fingerprint density at radius 1 is 1.53 bits per heavy atom. The number of benzene rings is 1. The van der Waals surface area contributed by atoms with Crippen LogP contribution in [0.2, 0.25) is 0 Å². The SMILES string of the molecule is CC(CCCO)NC1CCc2cc(Br)ccc21. The number of aryl methyl sites for hydroxylation is 1. The molecule has 0 amide bonds. The standard InChI is InChI=1S/C14H20BrNO/c1-10(3-2-8-17)16-14-7-4-11-9-12(15)5-6-13(11)14/h5-6,9-10,14,16-17H,2-4,7-8H2,1H3. The van der Waals surface area contributed by atoms with E-state index in [0.717, 1.165) is 12.8 Å². The van der Waals surface area contributed by atoms with Gasteiger partial charge in [-0.2, -0.15) is 0 Å². The first-order chi connectivity index (χ1) is 8.20. The third kappa shape index (κ3) is 3.30. The van der Waals surface area contributed by atoms with Gasteiger partial charge in [0.15, 0.2) is 0 Å². The lowest BCUT2D eigenvalue weighted by Gasteiger charge is -2.20. The second kappa shape index (κ2) is 5.98. The molecule has 1 aromatic carbocycles. The second-order valence-corrected chi connectivity index (χ2v) is 5.78. The van der Waals surface area contributed by atoms with Crippen LogP contribution in [0.25, 0.3) is 0 Å². The quantitative estimate of drug-likeness (QED) is 0.875.